The molecule has 0 spiro atoms. The van der Waals surface area contributed by atoms with Crippen LogP contribution in [0.2, 0.25) is 0 Å². The lowest BCUT2D eigenvalue weighted by Gasteiger charge is -2.23. The monoisotopic (exact) mass is 352 g/mol. The van der Waals surface area contributed by atoms with Crippen LogP contribution in [0, 0.1) is 6.92 Å². The molecular formula is C24H20N2O. The molecule has 27 heavy (non-hydrogen) atoms. The van der Waals surface area contributed by atoms with E-state index < -0.39 is 0 Å². The normalized spacial score (nSPS) is 10.7. The van der Waals surface area contributed by atoms with Gasteiger partial charge in [0.1, 0.15) is 5.82 Å². The van der Waals surface area contributed by atoms with Crippen molar-refractivity contribution in [2.45, 2.75) is 13.5 Å². The van der Waals surface area contributed by atoms with Gasteiger partial charge in [-0.3, -0.25) is 9.69 Å². The van der Waals surface area contributed by atoms with Crippen molar-refractivity contribution < 1.29 is 4.79 Å². The maximum Gasteiger partial charge on any atom is 0.259 e. The molecule has 0 aliphatic heterocycles. The first-order chi connectivity index (χ1) is 13.2. The van der Waals surface area contributed by atoms with E-state index in [4.69, 9.17) is 0 Å². The topological polar surface area (TPSA) is 33.2 Å². The Bertz CT molecular complexity index is 1080. The van der Waals surface area contributed by atoms with Gasteiger partial charge in [0.2, 0.25) is 0 Å². The minimum Gasteiger partial charge on any atom is -0.288 e. The van der Waals surface area contributed by atoms with Gasteiger partial charge in [0.15, 0.2) is 0 Å². The number of hydrogen-bond acceptors (Lipinski definition) is 2. The quantitative estimate of drug-likeness (QED) is 0.493. The lowest BCUT2D eigenvalue weighted by atomic mass is 10.0. The Balaban J connectivity index is 1.78. The van der Waals surface area contributed by atoms with Gasteiger partial charge in [-0.2, -0.15) is 0 Å². The molecule has 0 N–H and O–H groups in total. The van der Waals surface area contributed by atoms with Gasteiger partial charge >= 0.3 is 0 Å². The minimum absolute atomic E-state index is 0.0506. The molecular weight excluding hydrogens is 332 g/mol. The van der Waals surface area contributed by atoms with E-state index >= 15 is 0 Å². The van der Waals surface area contributed by atoms with Crippen LogP contribution in [-0.2, 0) is 6.54 Å². The molecule has 0 saturated heterocycles. The molecule has 0 fully saturated rings. The summed E-state index contributed by atoms with van der Waals surface area (Å²) in [4.78, 5) is 19.5. The second kappa shape index (κ2) is 7.42. The molecule has 132 valence electrons. The van der Waals surface area contributed by atoms with Gasteiger partial charge in [-0.15, -0.1) is 0 Å². The summed E-state index contributed by atoms with van der Waals surface area (Å²) in [7, 11) is 0. The Morgan fingerprint density at radius 1 is 0.889 bits per heavy atom. The Kier molecular flexibility index (Phi) is 4.67. The zero-order valence-corrected chi connectivity index (χ0v) is 15.2. The second-order valence-electron chi connectivity index (χ2n) is 6.59. The predicted octanol–water partition coefficient (Wildman–Crippen LogP) is 5.39. The second-order valence-corrected chi connectivity index (χ2v) is 6.59. The largest absolute Gasteiger partial charge is 0.288 e. The predicted molar refractivity (Wildman–Crippen MR) is 110 cm³/mol. The Morgan fingerprint density at radius 3 is 2.48 bits per heavy atom. The smallest absolute Gasteiger partial charge is 0.259 e. The van der Waals surface area contributed by atoms with Gasteiger partial charge < -0.3 is 0 Å². The molecule has 3 heteroatoms. The van der Waals surface area contributed by atoms with Crippen molar-refractivity contribution in [3.8, 4) is 0 Å². The number of nitrogens with zero attached hydrogens (tertiary/aromatic N) is 2. The number of rotatable bonds is 4. The molecule has 1 aromatic heterocycles. The molecule has 1 heterocycles. The number of anilines is 1. The van der Waals surface area contributed by atoms with Crippen LogP contribution in [-0.4, -0.2) is 10.9 Å². The van der Waals surface area contributed by atoms with E-state index in [-0.39, 0.29) is 5.91 Å². The van der Waals surface area contributed by atoms with Crippen molar-refractivity contribution >= 4 is 22.5 Å². The zero-order chi connectivity index (χ0) is 18.6. The van der Waals surface area contributed by atoms with Crippen LogP contribution in [0.25, 0.3) is 10.8 Å². The summed E-state index contributed by atoms with van der Waals surface area (Å²) in [6, 6.07) is 27.8. The van der Waals surface area contributed by atoms with Crippen LogP contribution in [0.15, 0.2) is 91.1 Å². The average molecular weight is 352 g/mol. The summed E-state index contributed by atoms with van der Waals surface area (Å²) >= 11 is 0. The summed E-state index contributed by atoms with van der Waals surface area (Å²) in [6.07, 6.45) is 1.72. The number of amides is 1. The molecule has 3 nitrogen and oxygen atoms in total. The fourth-order valence-corrected chi connectivity index (χ4v) is 3.30. The highest BCUT2D eigenvalue weighted by molar-refractivity contribution is 6.06. The number of aromatic nitrogens is 1. The number of carbonyl (C=O) groups excluding carboxylic acids is 1. The van der Waals surface area contributed by atoms with Crippen molar-refractivity contribution in [1.82, 2.24) is 4.98 Å². The maximum atomic E-state index is 13.3. The molecule has 1 amide bonds. The summed E-state index contributed by atoms with van der Waals surface area (Å²) in [5.74, 6) is 0.599. The van der Waals surface area contributed by atoms with Crippen molar-refractivity contribution in [2.75, 3.05) is 4.90 Å². The number of carbonyl (C=O) groups is 1. The molecule has 0 saturated carbocycles. The number of fused-ring (bicyclic) bond motifs is 1. The van der Waals surface area contributed by atoms with E-state index in [0.29, 0.717) is 17.9 Å². The molecule has 0 aliphatic carbocycles. The van der Waals surface area contributed by atoms with Crippen LogP contribution >= 0.6 is 0 Å². The zero-order valence-electron chi connectivity index (χ0n) is 15.2. The SMILES string of the molecule is Cc1cccc(C(=O)N(Cc2cccc3ccccc23)c2ccccn2)c1. The highest BCUT2D eigenvalue weighted by Crippen LogP contribution is 2.23. The maximum absolute atomic E-state index is 13.3. The third-order valence-electron chi connectivity index (χ3n) is 4.64. The Labute approximate surface area is 158 Å². The summed E-state index contributed by atoms with van der Waals surface area (Å²) in [6.45, 7) is 2.46. The minimum atomic E-state index is -0.0506. The molecule has 0 bridgehead atoms. The first-order valence-electron chi connectivity index (χ1n) is 8.98. The van der Waals surface area contributed by atoms with Gasteiger partial charge in [-0.05, 0) is 47.5 Å². The molecule has 3 aromatic carbocycles. The van der Waals surface area contributed by atoms with Crippen LogP contribution in [0.3, 0.4) is 0 Å². The van der Waals surface area contributed by atoms with Crippen molar-refractivity contribution in [3.05, 3.63) is 108 Å². The number of hydrogen-bond donors (Lipinski definition) is 0. The van der Waals surface area contributed by atoms with Crippen LogP contribution < -0.4 is 4.90 Å². The van der Waals surface area contributed by atoms with Crippen LogP contribution in [0.1, 0.15) is 21.5 Å². The first kappa shape index (κ1) is 17.0. The summed E-state index contributed by atoms with van der Waals surface area (Å²) in [5, 5.41) is 2.32. The lowest BCUT2D eigenvalue weighted by molar-refractivity contribution is 0.0984. The first-order valence-corrected chi connectivity index (χ1v) is 8.98. The standard InChI is InChI=1S/C24H20N2O/c1-18-8-6-11-20(16-18)24(27)26(23-14-4-5-15-25-23)17-21-12-7-10-19-9-2-3-13-22(19)21/h2-16H,17H2,1H3. The highest BCUT2D eigenvalue weighted by Gasteiger charge is 2.20. The van der Waals surface area contributed by atoms with Gasteiger partial charge in [0.05, 0.1) is 6.54 Å². The Morgan fingerprint density at radius 2 is 1.67 bits per heavy atom. The molecule has 0 aliphatic rings. The Hall–Kier alpha value is -3.46. The molecule has 0 unspecified atom stereocenters. The molecule has 4 rings (SSSR count). The van der Waals surface area contributed by atoms with E-state index in [0.717, 1.165) is 16.5 Å². The van der Waals surface area contributed by atoms with Gasteiger partial charge in [0.25, 0.3) is 5.91 Å². The average Bonchev–Trinajstić information content (AvgIpc) is 2.72. The van der Waals surface area contributed by atoms with Crippen LogP contribution in [0.5, 0.6) is 0 Å². The third-order valence-corrected chi connectivity index (χ3v) is 4.64. The summed E-state index contributed by atoms with van der Waals surface area (Å²) in [5.41, 5.74) is 2.83. The van der Waals surface area contributed by atoms with Crippen LogP contribution in [0.4, 0.5) is 5.82 Å². The van der Waals surface area contributed by atoms with Crippen molar-refractivity contribution in [3.63, 3.8) is 0 Å². The van der Waals surface area contributed by atoms with Crippen molar-refractivity contribution in [2.24, 2.45) is 0 Å². The molecule has 0 atom stereocenters. The van der Waals surface area contributed by atoms with Gasteiger partial charge in [-0.25, -0.2) is 4.98 Å². The molecule has 0 radical (unpaired) electrons. The summed E-state index contributed by atoms with van der Waals surface area (Å²) < 4.78 is 0. The lowest BCUT2D eigenvalue weighted by Crippen LogP contribution is -2.31. The van der Waals surface area contributed by atoms with Crippen molar-refractivity contribution in [1.29, 1.82) is 0 Å². The number of aryl methyl sites for hydroxylation is 1. The number of pyridine rings is 1. The van der Waals surface area contributed by atoms with Gasteiger partial charge in [0, 0.05) is 11.8 Å². The van der Waals surface area contributed by atoms with E-state index in [9.17, 15) is 4.79 Å². The van der Waals surface area contributed by atoms with E-state index in [2.05, 4.69) is 29.2 Å². The van der Waals surface area contributed by atoms with Gasteiger partial charge in [-0.1, -0.05) is 66.2 Å². The van der Waals surface area contributed by atoms with E-state index in [1.165, 1.54) is 5.39 Å². The number of benzene rings is 3. The fourth-order valence-electron chi connectivity index (χ4n) is 3.30. The fraction of sp³-hybridized carbons (Fsp3) is 0.0833. The van der Waals surface area contributed by atoms with E-state index in [1.807, 2.05) is 67.6 Å². The molecule has 4 aromatic rings. The third kappa shape index (κ3) is 3.58. The van der Waals surface area contributed by atoms with E-state index in [1.54, 1.807) is 11.1 Å². The highest BCUT2D eigenvalue weighted by atomic mass is 16.2.